The number of carboxylic acids is 1. The third kappa shape index (κ3) is 3.49. The van der Waals surface area contributed by atoms with E-state index in [1.807, 2.05) is 0 Å². The molecule has 0 unspecified atom stereocenters. The van der Waals surface area contributed by atoms with E-state index in [1.165, 1.54) is 19.3 Å². The van der Waals surface area contributed by atoms with Gasteiger partial charge in [0.1, 0.15) is 0 Å². The second-order valence-electron chi connectivity index (χ2n) is 4.65. The summed E-state index contributed by atoms with van der Waals surface area (Å²) < 4.78 is 0. The minimum Gasteiger partial charge on any atom is -0.481 e. The summed E-state index contributed by atoms with van der Waals surface area (Å²) in [7, 11) is 0. The van der Waals surface area contributed by atoms with Gasteiger partial charge in [0.15, 0.2) is 0 Å². The van der Waals surface area contributed by atoms with Gasteiger partial charge < -0.3 is 10.4 Å². The van der Waals surface area contributed by atoms with Crippen LogP contribution in [0.25, 0.3) is 0 Å². The van der Waals surface area contributed by atoms with Gasteiger partial charge in [-0.3, -0.25) is 4.79 Å². The molecular formula is C12H23NO2. The van der Waals surface area contributed by atoms with E-state index in [4.69, 9.17) is 0 Å². The summed E-state index contributed by atoms with van der Waals surface area (Å²) in [6.45, 7) is 3.90. The Morgan fingerprint density at radius 2 is 1.93 bits per heavy atom. The molecule has 1 aliphatic rings. The van der Waals surface area contributed by atoms with Gasteiger partial charge in [0.05, 0.1) is 5.41 Å². The summed E-state index contributed by atoms with van der Waals surface area (Å²) in [5, 5.41) is 12.6. The second-order valence-corrected chi connectivity index (χ2v) is 4.65. The minimum absolute atomic E-state index is 0.418. The Balaban J connectivity index is 2.39. The zero-order valence-electron chi connectivity index (χ0n) is 9.72. The van der Waals surface area contributed by atoms with Gasteiger partial charge in [0.2, 0.25) is 0 Å². The Morgan fingerprint density at radius 1 is 1.27 bits per heavy atom. The molecule has 2 N–H and O–H groups in total. The first kappa shape index (κ1) is 12.5. The molecular weight excluding hydrogens is 190 g/mol. The highest BCUT2D eigenvalue weighted by molar-refractivity contribution is 5.74. The first-order chi connectivity index (χ1) is 7.21. The molecule has 0 aromatic heterocycles. The smallest absolute Gasteiger partial charge is 0.309 e. The maximum Gasteiger partial charge on any atom is 0.309 e. The lowest BCUT2D eigenvalue weighted by atomic mass is 9.75. The number of hydrogen-bond acceptors (Lipinski definition) is 2. The number of carbonyl (C=O) groups is 1. The summed E-state index contributed by atoms with van der Waals surface area (Å²) in [4.78, 5) is 11.3. The average molecular weight is 213 g/mol. The molecule has 0 aliphatic carbocycles. The van der Waals surface area contributed by atoms with Gasteiger partial charge in [0.25, 0.3) is 0 Å². The van der Waals surface area contributed by atoms with Crippen molar-refractivity contribution < 1.29 is 9.90 Å². The van der Waals surface area contributed by atoms with Crippen LogP contribution in [0.4, 0.5) is 0 Å². The fraction of sp³-hybridized carbons (Fsp3) is 0.917. The van der Waals surface area contributed by atoms with Crippen molar-refractivity contribution in [2.45, 2.75) is 51.9 Å². The summed E-state index contributed by atoms with van der Waals surface area (Å²) in [5.41, 5.74) is -0.418. The molecule has 0 spiro atoms. The first-order valence-corrected chi connectivity index (χ1v) is 6.15. The molecule has 0 atom stereocenters. The number of piperidine rings is 1. The molecule has 0 amide bonds. The Bertz CT molecular complexity index is 198. The molecule has 88 valence electrons. The number of carboxylic acid groups (broad SMARTS) is 1. The third-order valence-corrected chi connectivity index (χ3v) is 3.52. The highest BCUT2D eigenvalue weighted by Gasteiger charge is 2.38. The number of nitrogens with one attached hydrogen (secondary N) is 1. The lowest BCUT2D eigenvalue weighted by Gasteiger charge is -2.33. The van der Waals surface area contributed by atoms with Crippen molar-refractivity contribution in [3.63, 3.8) is 0 Å². The van der Waals surface area contributed by atoms with Crippen molar-refractivity contribution in [2.75, 3.05) is 13.1 Å². The largest absolute Gasteiger partial charge is 0.481 e. The van der Waals surface area contributed by atoms with Gasteiger partial charge in [-0.25, -0.2) is 0 Å². The van der Waals surface area contributed by atoms with E-state index in [9.17, 15) is 9.90 Å². The van der Waals surface area contributed by atoms with Crippen LogP contribution in [0.1, 0.15) is 51.9 Å². The molecule has 3 nitrogen and oxygen atoms in total. The van der Waals surface area contributed by atoms with E-state index < -0.39 is 11.4 Å². The standard InChI is InChI=1S/C12H23NO2/c1-2-3-4-5-6-12(11(14)15)7-9-13-10-8-12/h13H,2-10H2,1H3,(H,14,15). The first-order valence-electron chi connectivity index (χ1n) is 6.15. The van der Waals surface area contributed by atoms with Crippen LogP contribution in [0.15, 0.2) is 0 Å². The molecule has 1 saturated heterocycles. The quantitative estimate of drug-likeness (QED) is 0.666. The lowest BCUT2D eigenvalue weighted by molar-refractivity contribution is -0.151. The average Bonchev–Trinajstić information content (AvgIpc) is 2.26. The normalized spacial score (nSPS) is 20.1. The molecule has 0 aromatic carbocycles. The monoisotopic (exact) mass is 213 g/mol. The van der Waals surface area contributed by atoms with Crippen molar-refractivity contribution in [3.05, 3.63) is 0 Å². The zero-order chi connectivity index (χ0) is 11.1. The van der Waals surface area contributed by atoms with Crippen molar-refractivity contribution >= 4 is 5.97 Å². The summed E-state index contributed by atoms with van der Waals surface area (Å²) in [6, 6.07) is 0. The van der Waals surface area contributed by atoms with Crippen LogP contribution in [0.5, 0.6) is 0 Å². The van der Waals surface area contributed by atoms with Crippen molar-refractivity contribution in [1.82, 2.24) is 5.32 Å². The summed E-state index contributed by atoms with van der Waals surface area (Å²) in [5.74, 6) is -0.583. The van der Waals surface area contributed by atoms with Crippen LogP contribution >= 0.6 is 0 Å². The molecule has 15 heavy (non-hydrogen) atoms. The fourth-order valence-electron chi connectivity index (χ4n) is 2.37. The van der Waals surface area contributed by atoms with Gasteiger partial charge in [-0.2, -0.15) is 0 Å². The van der Waals surface area contributed by atoms with Gasteiger partial charge in [-0.15, -0.1) is 0 Å². The summed E-state index contributed by atoms with van der Waals surface area (Å²) in [6.07, 6.45) is 7.15. The van der Waals surface area contributed by atoms with Gasteiger partial charge in [0, 0.05) is 0 Å². The maximum absolute atomic E-state index is 11.3. The molecule has 1 aliphatic heterocycles. The van der Waals surface area contributed by atoms with E-state index >= 15 is 0 Å². The van der Waals surface area contributed by atoms with E-state index in [1.54, 1.807) is 0 Å². The Labute approximate surface area is 92.3 Å². The van der Waals surface area contributed by atoms with Crippen LogP contribution in [-0.2, 0) is 4.79 Å². The minimum atomic E-state index is -0.583. The molecule has 3 heteroatoms. The highest BCUT2D eigenvalue weighted by Crippen LogP contribution is 2.34. The number of rotatable bonds is 6. The molecule has 0 saturated carbocycles. The van der Waals surface area contributed by atoms with Crippen LogP contribution < -0.4 is 5.32 Å². The number of hydrogen-bond donors (Lipinski definition) is 2. The van der Waals surface area contributed by atoms with Crippen LogP contribution in [0.2, 0.25) is 0 Å². The molecule has 1 fully saturated rings. The zero-order valence-corrected chi connectivity index (χ0v) is 9.72. The molecule has 0 radical (unpaired) electrons. The van der Waals surface area contributed by atoms with E-state index in [-0.39, 0.29) is 0 Å². The van der Waals surface area contributed by atoms with Crippen molar-refractivity contribution in [3.8, 4) is 0 Å². The Morgan fingerprint density at radius 3 is 2.47 bits per heavy atom. The fourth-order valence-corrected chi connectivity index (χ4v) is 2.37. The SMILES string of the molecule is CCCCCCC1(C(=O)O)CCNCC1. The van der Waals surface area contributed by atoms with Crippen molar-refractivity contribution in [2.24, 2.45) is 5.41 Å². The van der Waals surface area contributed by atoms with Gasteiger partial charge >= 0.3 is 5.97 Å². The lowest BCUT2D eigenvalue weighted by Crippen LogP contribution is -2.42. The summed E-state index contributed by atoms with van der Waals surface area (Å²) >= 11 is 0. The molecule has 1 heterocycles. The highest BCUT2D eigenvalue weighted by atomic mass is 16.4. The van der Waals surface area contributed by atoms with E-state index in [2.05, 4.69) is 12.2 Å². The predicted octanol–water partition coefficient (Wildman–Crippen LogP) is 2.41. The van der Waals surface area contributed by atoms with Crippen LogP contribution in [-0.4, -0.2) is 24.2 Å². The predicted molar refractivity (Wildman–Crippen MR) is 60.9 cm³/mol. The van der Waals surface area contributed by atoms with Crippen LogP contribution in [0, 0.1) is 5.41 Å². The second kappa shape index (κ2) is 6.11. The van der Waals surface area contributed by atoms with E-state index in [0.717, 1.165) is 38.8 Å². The number of unbranched alkanes of at least 4 members (excludes halogenated alkanes) is 3. The maximum atomic E-state index is 11.3. The van der Waals surface area contributed by atoms with Crippen LogP contribution in [0.3, 0.4) is 0 Å². The Kier molecular flexibility index (Phi) is 5.09. The van der Waals surface area contributed by atoms with E-state index in [0.29, 0.717) is 0 Å². The van der Waals surface area contributed by atoms with Gasteiger partial charge in [-0.05, 0) is 32.4 Å². The molecule has 0 aromatic rings. The van der Waals surface area contributed by atoms with Crippen molar-refractivity contribution in [1.29, 1.82) is 0 Å². The number of aliphatic carboxylic acids is 1. The van der Waals surface area contributed by atoms with Gasteiger partial charge in [-0.1, -0.05) is 32.6 Å². The topological polar surface area (TPSA) is 49.3 Å². The third-order valence-electron chi connectivity index (χ3n) is 3.52. The molecule has 0 bridgehead atoms. The molecule has 1 rings (SSSR count). The Hall–Kier alpha value is -0.570.